The molecule has 0 saturated heterocycles. The standard InChI is InChI=1S/C23H22N2O2S/c26-23(17-5-3-6-20(12-17)27-13-18-14-28-15-24-18)25(19-9-10-19)22-11-8-16-4-1-2-7-21(16)22/h1-7,12,14-15,19,22H,8-11,13H2. The summed E-state index contributed by atoms with van der Waals surface area (Å²) in [6, 6.07) is 16.7. The van der Waals surface area contributed by atoms with Crippen LogP contribution in [0.3, 0.4) is 0 Å². The van der Waals surface area contributed by atoms with Gasteiger partial charge in [0.1, 0.15) is 12.4 Å². The van der Waals surface area contributed by atoms with Crippen LogP contribution >= 0.6 is 11.3 Å². The highest BCUT2D eigenvalue weighted by Gasteiger charge is 2.40. The fraction of sp³-hybridized carbons (Fsp3) is 0.304. The highest BCUT2D eigenvalue weighted by Crippen LogP contribution is 2.42. The number of carbonyl (C=O) groups excluding carboxylic acids is 1. The van der Waals surface area contributed by atoms with Crippen LogP contribution in [0, 0.1) is 0 Å². The maximum absolute atomic E-state index is 13.5. The van der Waals surface area contributed by atoms with Gasteiger partial charge in [-0.05, 0) is 55.0 Å². The molecule has 2 aliphatic rings. The van der Waals surface area contributed by atoms with Crippen molar-refractivity contribution in [1.82, 2.24) is 9.88 Å². The van der Waals surface area contributed by atoms with Gasteiger partial charge in [-0.15, -0.1) is 11.3 Å². The summed E-state index contributed by atoms with van der Waals surface area (Å²) in [5, 5.41) is 1.97. The Bertz CT molecular complexity index is 982. The number of thiazole rings is 1. The molecule has 0 N–H and O–H groups in total. The Kier molecular flexibility index (Phi) is 4.61. The van der Waals surface area contributed by atoms with E-state index in [4.69, 9.17) is 4.74 Å². The Balaban J connectivity index is 1.38. The number of ether oxygens (including phenoxy) is 1. The van der Waals surface area contributed by atoms with Crippen LogP contribution in [0.25, 0.3) is 0 Å². The summed E-state index contributed by atoms with van der Waals surface area (Å²) in [4.78, 5) is 19.8. The molecule has 2 aliphatic carbocycles. The highest BCUT2D eigenvalue weighted by molar-refractivity contribution is 7.07. The third kappa shape index (κ3) is 3.42. The first-order valence-corrected chi connectivity index (χ1v) is 10.7. The summed E-state index contributed by atoms with van der Waals surface area (Å²) in [6.45, 7) is 0.420. The van der Waals surface area contributed by atoms with Gasteiger partial charge in [0.25, 0.3) is 5.91 Å². The molecule has 1 unspecified atom stereocenters. The van der Waals surface area contributed by atoms with Crippen molar-refractivity contribution in [3.8, 4) is 5.75 Å². The smallest absolute Gasteiger partial charge is 0.254 e. The Morgan fingerprint density at radius 2 is 2.04 bits per heavy atom. The number of hydrogen-bond acceptors (Lipinski definition) is 4. The van der Waals surface area contributed by atoms with Gasteiger partial charge >= 0.3 is 0 Å². The second-order valence-corrected chi connectivity index (χ2v) is 8.21. The molecule has 0 aliphatic heterocycles. The molecule has 5 heteroatoms. The number of aryl methyl sites for hydroxylation is 1. The van der Waals surface area contributed by atoms with Gasteiger partial charge in [0.05, 0.1) is 17.2 Å². The van der Waals surface area contributed by atoms with Crippen LogP contribution in [0.2, 0.25) is 0 Å². The number of aromatic nitrogens is 1. The minimum Gasteiger partial charge on any atom is -0.487 e. The van der Waals surface area contributed by atoms with E-state index < -0.39 is 0 Å². The number of fused-ring (bicyclic) bond motifs is 1. The zero-order valence-corrected chi connectivity index (χ0v) is 16.4. The maximum Gasteiger partial charge on any atom is 0.254 e. The van der Waals surface area contributed by atoms with E-state index in [0.29, 0.717) is 24.0 Å². The molecule has 4 nitrogen and oxygen atoms in total. The normalized spacial score (nSPS) is 17.9. The first-order chi connectivity index (χ1) is 13.8. The molecule has 0 spiro atoms. The van der Waals surface area contributed by atoms with Crippen LogP contribution < -0.4 is 4.74 Å². The molecule has 3 aromatic rings. The van der Waals surface area contributed by atoms with Gasteiger partial charge in [0, 0.05) is 17.0 Å². The summed E-state index contributed by atoms with van der Waals surface area (Å²) in [5.74, 6) is 0.824. The van der Waals surface area contributed by atoms with Gasteiger partial charge in [-0.1, -0.05) is 30.3 Å². The van der Waals surface area contributed by atoms with Crippen molar-refractivity contribution in [2.45, 2.75) is 44.4 Å². The predicted octanol–water partition coefficient (Wildman–Crippen LogP) is 5.01. The van der Waals surface area contributed by atoms with E-state index in [2.05, 4.69) is 34.1 Å². The van der Waals surface area contributed by atoms with Crippen molar-refractivity contribution in [2.24, 2.45) is 0 Å². The average Bonchev–Trinajstić information content (AvgIpc) is 3.26. The monoisotopic (exact) mass is 390 g/mol. The summed E-state index contributed by atoms with van der Waals surface area (Å²) in [6.07, 6.45) is 4.27. The lowest BCUT2D eigenvalue weighted by Gasteiger charge is -2.30. The molecule has 28 heavy (non-hydrogen) atoms. The van der Waals surface area contributed by atoms with Crippen LogP contribution in [0.1, 0.15) is 52.5 Å². The highest BCUT2D eigenvalue weighted by atomic mass is 32.1. The Morgan fingerprint density at radius 1 is 1.14 bits per heavy atom. The number of amides is 1. The van der Waals surface area contributed by atoms with Gasteiger partial charge in [-0.3, -0.25) is 4.79 Å². The molecule has 0 bridgehead atoms. The van der Waals surface area contributed by atoms with E-state index in [1.54, 1.807) is 16.8 Å². The van der Waals surface area contributed by atoms with Gasteiger partial charge in [-0.2, -0.15) is 0 Å². The quantitative estimate of drug-likeness (QED) is 0.594. The molecule has 5 rings (SSSR count). The lowest BCUT2D eigenvalue weighted by atomic mass is 10.0. The number of hydrogen-bond donors (Lipinski definition) is 0. The molecule has 142 valence electrons. The second kappa shape index (κ2) is 7.40. The number of carbonyl (C=O) groups is 1. The SMILES string of the molecule is O=C(c1cccc(OCc2cscn2)c1)N(C1CC1)C1CCc2ccccc21. The summed E-state index contributed by atoms with van der Waals surface area (Å²) < 4.78 is 5.85. The van der Waals surface area contributed by atoms with E-state index >= 15 is 0 Å². The minimum atomic E-state index is 0.114. The molecular formula is C23H22N2O2S. The van der Waals surface area contributed by atoms with Crippen molar-refractivity contribution in [1.29, 1.82) is 0 Å². The summed E-state index contributed by atoms with van der Waals surface area (Å²) >= 11 is 1.55. The van der Waals surface area contributed by atoms with E-state index in [9.17, 15) is 4.79 Å². The van der Waals surface area contributed by atoms with Gasteiger partial charge < -0.3 is 9.64 Å². The third-order valence-corrected chi connectivity index (χ3v) is 6.20. The predicted molar refractivity (Wildman–Crippen MR) is 110 cm³/mol. The van der Waals surface area contributed by atoms with Crippen molar-refractivity contribution < 1.29 is 9.53 Å². The molecule has 2 aromatic carbocycles. The third-order valence-electron chi connectivity index (χ3n) is 5.56. The van der Waals surface area contributed by atoms with Gasteiger partial charge in [-0.25, -0.2) is 4.98 Å². The number of benzene rings is 2. The molecule has 1 heterocycles. The van der Waals surface area contributed by atoms with Crippen LogP contribution in [0.4, 0.5) is 0 Å². The van der Waals surface area contributed by atoms with E-state index in [1.807, 2.05) is 29.6 Å². The summed E-state index contributed by atoms with van der Waals surface area (Å²) in [5.41, 5.74) is 6.10. The zero-order chi connectivity index (χ0) is 18.9. The van der Waals surface area contributed by atoms with Gasteiger partial charge in [0.2, 0.25) is 0 Å². The van der Waals surface area contributed by atoms with Gasteiger partial charge in [0.15, 0.2) is 0 Å². The first-order valence-electron chi connectivity index (χ1n) is 9.80. The molecule has 1 atom stereocenters. The Labute approximate surface area is 168 Å². The minimum absolute atomic E-state index is 0.114. The zero-order valence-electron chi connectivity index (χ0n) is 15.6. The number of rotatable bonds is 6. The first kappa shape index (κ1) is 17.4. The maximum atomic E-state index is 13.5. The van der Waals surface area contributed by atoms with Crippen molar-refractivity contribution in [2.75, 3.05) is 0 Å². The van der Waals surface area contributed by atoms with Crippen LogP contribution in [0.5, 0.6) is 5.75 Å². The van der Waals surface area contributed by atoms with E-state index in [1.165, 1.54) is 11.1 Å². The molecule has 0 radical (unpaired) electrons. The van der Waals surface area contributed by atoms with E-state index in [-0.39, 0.29) is 11.9 Å². The Hall–Kier alpha value is -2.66. The largest absolute Gasteiger partial charge is 0.487 e. The lowest BCUT2D eigenvalue weighted by molar-refractivity contribution is 0.0657. The average molecular weight is 391 g/mol. The molecule has 1 amide bonds. The topological polar surface area (TPSA) is 42.4 Å². The molecule has 1 fully saturated rings. The fourth-order valence-corrected chi connectivity index (χ4v) is 4.62. The number of nitrogens with zero attached hydrogens (tertiary/aromatic N) is 2. The van der Waals surface area contributed by atoms with Crippen molar-refractivity contribution in [3.63, 3.8) is 0 Å². The van der Waals surface area contributed by atoms with Crippen LogP contribution in [0.15, 0.2) is 59.4 Å². The summed E-state index contributed by atoms with van der Waals surface area (Å²) in [7, 11) is 0. The van der Waals surface area contributed by atoms with E-state index in [0.717, 1.165) is 31.4 Å². The fourth-order valence-electron chi connectivity index (χ4n) is 4.07. The van der Waals surface area contributed by atoms with Crippen molar-refractivity contribution in [3.05, 3.63) is 81.8 Å². The van der Waals surface area contributed by atoms with Crippen LogP contribution in [-0.4, -0.2) is 21.8 Å². The lowest BCUT2D eigenvalue weighted by Crippen LogP contribution is -2.36. The molecule has 1 aromatic heterocycles. The second-order valence-electron chi connectivity index (χ2n) is 7.49. The van der Waals surface area contributed by atoms with Crippen LogP contribution in [-0.2, 0) is 13.0 Å². The Morgan fingerprint density at radius 3 is 2.86 bits per heavy atom. The van der Waals surface area contributed by atoms with Crippen molar-refractivity contribution >= 4 is 17.2 Å². The molecular weight excluding hydrogens is 368 g/mol. The molecule has 1 saturated carbocycles.